The third kappa shape index (κ3) is 20.3. The number of amides is 3. The second-order valence-electron chi connectivity index (χ2n) is 11.8. The molecule has 0 aliphatic carbocycles. The van der Waals surface area contributed by atoms with Gasteiger partial charge in [-0.1, -0.05) is 103 Å². The van der Waals surface area contributed by atoms with Crippen LogP contribution in [0, 0.1) is 0 Å². The number of hydrogen-bond donors (Lipinski definition) is 3. The number of unbranched alkanes of at least 4 members (excludes halogenated alkanes) is 15. The van der Waals surface area contributed by atoms with E-state index < -0.39 is 12.0 Å². The average molecular weight is 589 g/mol. The van der Waals surface area contributed by atoms with Crippen LogP contribution in [0.4, 0.5) is 4.79 Å². The van der Waals surface area contributed by atoms with E-state index in [0.29, 0.717) is 36.4 Å². The van der Waals surface area contributed by atoms with Crippen LogP contribution in [0.25, 0.3) is 0 Å². The predicted octanol–water partition coefficient (Wildman–Crippen LogP) is 7.14. The molecule has 0 saturated heterocycles. The van der Waals surface area contributed by atoms with Crippen LogP contribution in [0.2, 0.25) is 0 Å². The lowest BCUT2D eigenvalue weighted by molar-refractivity contribution is -0.121. The van der Waals surface area contributed by atoms with Crippen molar-refractivity contribution >= 4 is 17.9 Å². The number of nitrogens with zero attached hydrogens (tertiary/aromatic N) is 1. The van der Waals surface area contributed by atoms with E-state index in [4.69, 9.17) is 10.5 Å². The van der Waals surface area contributed by atoms with Gasteiger partial charge in [0.2, 0.25) is 11.8 Å². The van der Waals surface area contributed by atoms with Crippen LogP contribution in [0.3, 0.4) is 0 Å². The molecule has 8 nitrogen and oxygen atoms in total. The quantitative estimate of drug-likeness (QED) is 0.0996. The number of aryl methyl sites for hydroxylation is 1. The zero-order valence-corrected chi connectivity index (χ0v) is 26.9. The molecule has 0 spiro atoms. The van der Waals surface area contributed by atoms with Crippen LogP contribution in [-0.4, -0.2) is 56.5 Å². The fourth-order valence-corrected chi connectivity index (χ4v) is 4.99. The van der Waals surface area contributed by atoms with Crippen LogP contribution in [0.1, 0.15) is 138 Å². The second kappa shape index (κ2) is 24.9. The molecule has 240 valence electrons. The van der Waals surface area contributed by atoms with E-state index in [-0.39, 0.29) is 12.3 Å². The Bertz CT molecular complexity index is 875. The van der Waals surface area contributed by atoms with Crippen molar-refractivity contribution in [3.05, 3.63) is 29.3 Å². The van der Waals surface area contributed by atoms with Gasteiger partial charge in [0.25, 0.3) is 0 Å². The summed E-state index contributed by atoms with van der Waals surface area (Å²) in [5.41, 5.74) is 6.35. The number of carbonyl (C=O) groups is 3. The number of primary amides is 1. The maximum absolute atomic E-state index is 12.4. The molecule has 4 N–H and O–H groups in total. The van der Waals surface area contributed by atoms with Crippen LogP contribution in [0.5, 0.6) is 5.75 Å². The fraction of sp³-hybridized carbons (Fsp3) is 0.735. The third-order valence-electron chi connectivity index (χ3n) is 7.57. The Labute approximate surface area is 255 Å². The van der Waals surface area contributed by atoms with E-state index in [1.807, 2.05) is 14.1 Å². The van der Waals surface area contributed by atoms with Crippen molar-refractivity contribution < 1.29 is 19.1 Å². The highest BCUT2D eigenvalue weighted by molar-refractivity contribution is 5.93. The first-order valence-corrected chi connectivity index (χ1v) is 16.6. The highest BCUT2D eigenvalue weighted by Crippen LogP contribution is 2.22. The van der Waals surface area contributed by atoms with Gasteiger partial charge in [-0.25, -0.2) is 4.79 Å². The largest absolute Gasteiger partial charge is 0.412 e. The van der Waals surface area contributed by atoms with Crippen LogP contribution < -0.4 is 21.1 Å². The SMILES string of the molecule is CCCCCCCCCCCCCCCCCCNC(=O)Oc1ccc(C(N)=O)cc1CCC(=O)NCCCN(C)C. The molecule has 0 unspecified atom stereocenters. The molecule has 42 heavy (non-hydrogen) atoms. The number of hydrogen-bond acceptors (Lipinski definition) is 5. The average Bonchev–Trinajstić information content (AvgIpc) is 2.96. The van der Waals surface area contributed by atoms with Gasteiger partial charge in [0.15, 0.2) is 0 Å². The number of nitrogens with two attached hydrogens (primary N) is 1. The molecular weight excluding hydrogens is 528 g/mol. The number of carbonyl (C=O) groups excluding carboxylic acids is 3. The Kier molecular flexibility index (Phi) is 22.2. The minimum Gasteiger partial charge on any atom is -0.410 e. The molecule has 0 saturated carbocycles. The van der Waals surface area contributed by atoms with Gasteiger partial charge in [-0.05, 0) is 63.7 Å². The van der Waals surface area contributed by atoms with Gasteiger partial charge < -0.3 is 26.0 Å². The maximum Gasteiger partial charge on any atom is 0.412 e. The first-order chi connectivity index (χ1) is 20.3. The smallest absolute Gasteiger partial charge is 0.410 e. The lowest BCUT2D eigenvalue weighted by Gasteiger charge is -2.13. The second-order valence-corrected chi connectivity index (χ2v) is 11.8. The number of rotatable bonds is 26. The summed E-state index contributed by atoms with van der Waals surface area (Å²) in [7, 11) is 3.98. The maximum atomic E-state index is 12.4. The van der Waals surface area contributed by atoms with Crippen molar-refractivity contribution in [1.82, 2.24) is 15.5 Å². The monoisotopic (exact) mass is 588 g/mol. The summed E-state index contributed by atoms with van der Waals surface area (Å²) >= 11 is 0. The molecule has 0 aliphatic heterocycles. The Morgan fingerprint density at radius 3 is 1.79 bits per heavy atom. The van der Waals surface area contributed by atoms with Gasteiger partial charge in [-0.15, -0.1) is 0 Å². The van der Waals surface area contributed by atoms with E-state index in [1.165, 1.54) is 96.0 Å². The topological polar surface area (TPSA) is 114 Å². The van der Waals surface area contributed by atoms with Crippen molar-refractivity contribution in [3.8, 4) is 5.75 Å². The fourth-order valence-electron chi connectivity index (χ4n) is 4.99. The van der Waals surface area contributed by atoms with Gasteiger partial charge in [0.05, 0.1) is 0 Å². The lowest BCUT2D eigenvalue weighted by Crippen LogP contribution is -2.28. The summed E-state index contributed by atoms with van der Waals surface area (Å²) < 4.78 is 5.53. The molecule has 0 fully saturated rings. The van der Waals surface area contributed by atoms with E-state index in [0.717, 1.165) is 25.8 Å². The molecule has 8 heteroatoms. The molecule has 1 aromatic rings. The molecule has 3 amide bonds. The molecule has 0 atom stereocenters. The molecule has 0 bridgehead atoms. The standard InChI is InChI=1S/C34H60N4O4/c1-4-5-6-7-8-9-10-11-12-13-14-15-16-17-18-19-25-37-34(41)42-31-23-21-30(33(35)40)28-29(31)22-24-32(39)36-26-20-27-38(2)3/h21,23,28H,4-20,22,24-27H2,1-3H3,(H2,35,40)(H,36,39)(H,37,41). The van der Waals surface area contributed by atoms with Crippen molar-refractivity contribution in [3.63, 3.8) is 0 Å². The Morgan fingerprint density at radius 1 is 0.738 bits per heavy atom. The summed E-state index contributed by atoms with van der Waals surface area (Å²) in [6.45, 7) is 4.32. The normalized spacial score (nSPS) is 11.0. The third-order valence-corrected chi connectivity index (χ3v) is 7.57. The highest BCUT2D eigenvalue weighted by Gasteiger charge is 2.13. The molecule has 0 heterocycles. The zero-order chi connectivity index (χ0) is 30.8. The summed E-state index contributed by atoms with van der Waals surface area (Å²) in [5, 5.41) is 5.72. The van der Waals surface area contributed by atoms with Crippen molar-refractivity contribution in [1.29, 1.82) is 0 Å². The Morgan fingerprint density at radius 2 is 1.26 bits per heavy atom. The van der Waals surface area contributed by atoms with Crippen molar-refractivity contribution in [2.45, 2.75) is 129 Å². The Hall–Kier alpha value is -2.61. The van der Waals surface area contributed by atoms with Crippen molar-refractivity contribution in [2.24, 2.45) is 5.73 Å². The van der Waals surface area contributed by atoms with Gasteiger partial charge in [-0.3, -0.25) is 9.59 Å². The molecule has 1 rings (SSSR count). The van der Waals surface area contributed by atoms with Crippen LogP contribution in [0.15, 0.2) is 18.2 Å². The minimum atomic E-state index is -0.566. The molecular formula is C34H60N4O4. The van der Waals surface area contributed by atoms with Crippen LogP contribution in [-0.2, 0) is 11.2 Å². The first kappa shape index (κ1) is 37.4. The summed E-state index contributed by atoms with van der Waals surface area (Å²) in [6, 6.07) is 4.70. The molecule has 0 radical (unpaired) electrons. The summed E-state index contributed by atoms with van der Waals surface area (Å²) in [6.07, 6.45) is 21.8. The Balaban J connectivity index is 2.19. The number of benzene rings is 1. The molecule has 0 aromatic heterocycles. The zero-order valence-electron chi connectivity index (χ0n) is 26.9. The van der Waals surface area contributed by atoms with Crippen molar-refractivity contribution in [2.75, 3.05) is 33.7 Å². The summed E-state index contributed by atoms with van der Waals surface area (Å²) in [5.74, 6) is -0.314. The van der Waals surface area contributed by atoms with E-state index >= 15 is 0 Å². The molecule has 0 aliphatic rings. The van der Waals surface area contributed by atoms with Crippen LogP contribution >= 0.6 is 0 Å². The van der Waals surface area contributed by atoms with Gasteiger partial charge >= 0.3 is 6.09 Å². The number of nitrogens with one attached hydrogen (secondary N) is 2. The number of ether oxygens (including phenoxy) is 1. The predicted molar refractivity (Wildman–Crippen MR) is 173 cm³/mol. The van der Waals surface area contributed by atoms with Gasteiger partial charge in [-0.2, -0.15) is 0 Å². The van der Waals surface area contributed by atoms with E-state index in [9.17, 15) is 14.4 Å². The van der Waals surface area contributed by atoms with E-state index in [1.54, 1.807) is 12.1 Å². The van der Waals surface area contributed by atoms with Gasteiger partial charge in [0.1, 0.15) is 5.75 Å². The molecule has 1 aromatic carbocycles. The lowest BCUT2D eigenvalue weighted by atomic mass is 10.0. The van der Waals surface area contributed by atoms with Gasteiger partial charge in [0, 0.05) is 25.1 Å². The summed E-state index contributed by atoms with van der Waals surface area (Å²) in [4.78, 5) is 38.4. The minimum absolute atomic E-state index is 0.0860. The van der Waals surface area contributed by atoms with E-state index in [2.05, 4.69) is 22.5 Å². The first-order valence-electron chi connectivity index (χ1n) is 16.6. The highest BCUT2D eigenvalue weighted by atomic mass is 16.6.